The van der Waals surface area contributed by atoms with Crippen LogP contribution in [0.15, 0.2) is 30.3 Å². The zero-order chi connectivity index (χ0) is 19.5. The van der Waals surface area contributed by atoms with Crippen LogP contribution in [0.1, 0.15) is 31.9 Å². The third kappa shape index (κ3) is 3.96. The maximum Gasteiger partial charge on any atom is 0.341 e. The molecule has 1 aliphatic heterocycles. The van der Waals surface area contributed by atoms with Crippen LogP contribution in [0.25, 0.3) is 0 Å². The number of amides is 4. The van der Waals surface area contributed by atoms with Crippen molar-refractivity contribution in [2.24, 2.45) is 0 Å². The molecule has 1 atom stereocenters. The smallest absolute Gasteiger partial charge is 0.341 e. The summed E-state index contributed by atoms with van der Waals surface area (Å²) in [6, 6.07) is 4.75. The number of urea groups is 2. The molecule has 9 nitrogen and oxygen atoms in total. The molecule has 1 aliphatic rings. The van der Waals surface area contributed by atoms with Gasteiger partial charge in [0.15, 0.2) is 6.04 Å². The SMILES string of the molecule is CC(C)S(=O)(=O)N1CCCN(C(=O)NC(C(=O)O)c2ccccc2)C1=O. The Morgan fingerprint density at radius 1 is 1.15 bits per heavy atom. The molecule has 1 aromatic carbocycles. The largest absolute Gasteiger partial charge is 0.479 e. The van der Waals surface area contributed by atoms with Gasteiger partial charge in [-0.2, -0.15) is 0 Å². The number of nitrogens with zero attached hydrogens (tertiary/aromatic N) is 2. The summed E-state index contributed by atoms with van der Waals surface area (Å²) >= 11 is 0. The molecule has 2 rings (SSSR count). The topological polar surface area (TPSA) is 124 Å². The van der Waals surface area contributed by atoms with Crippen LogP contribution in [0.2, 0.25) is 0 Å². The summed E-state index contributed by atoms with van der Waals surface area (Å²) in [5.41, 5.74) is 0.337. The van der Waals surface area contributed by atoms with Crippen LogP contribution in [0.3, 0.4) is 0 Å². The first-order chi connectivity index (χ1) is 12.2. The van der Waals surface area contributed by atoms with Gasteiger partial charge in [0.25, 0.3) is 0 Å². The Bertz CT molecular complexity index is 793. The van der Waals surface area contributed by atoms with Crippen LogP contribution in [-0.4, -0.2) is 59.1 Å². The Hall–Kier alpha value is -2.62. The maximum atomic E-state index is 12.5. The molecule has 1 aromatic rings. The predicted molar refractivity (Wildman–Crippen MR) is 92.8 cm³/mol. The van der Waals surface area contributed by atoms with Gasteiger partial charge in [-0.3, -0.25) is 0 Å². The van der Waals surface area contributed by atoms with E-state index in [1.807, 2.05) is 0 Å². The van der Waals surface area contributed by atoms with Gasteiger partial charge in [0.1, 0.15) is 0 Å². The fourth-order valence-electron chi connectivity index (χ4n) is 2.51. The van der Waals surface area contributed by atoms with Crippen molar-refractivity contribution < 1.29 is 27.9 Å². The molecule has 1 fully saturated rings. The summed E-state index contributed by atoms with van der Waals surface area (Å²) in [5, 5.41) is 10.8. The third-order valence-corrected chi connectivity index (χ3v) is 6.13. The molecule has 26 heavy (non-hydrogen) atoms. The molecule has 0 spiro atoms. The van der Waals surface area contributed by atoms with E-state index in [9.17, 15) is 27.9 Å². The van der Waals surface area contributed by atoms with Crippen molar-refractivity contribution in [3.8, 4) is 0 Å². The van der Waals surface area contributed by atoms with Crippen molar-refractivity contribution in [2.45, 2.75) is 31.6 Å². The second kappa shape index (κ2) is 7.73. The Morgan fingerprint density at radius 2 is 1.77 bits per heavy atom. The first-order valence-corrected chi connectivity index (χ1v) is 9.58. The second-order valence-corrected chi connectivity index (χ2v) is 8.50. The number of carboxylic acids is 1. The predicted octanol–water partition coefficient (Wildman–Crippen LogP) is 1.39. The van der Waals surface area contributed by atoms with Gasteiger partial charge in [0, 0.05) is 13.1 Å². The van der Waals surface area contributed by atoms with Crippen LogP contribution in [0.4, 0.5) is 9.59 Å². The Kier molecular flexibility index (Phi) is 5.86. The fourth-order valence-corrected chi connectivity index (χ4v) is 3.72. The van der Waals surface area contributed by atoms with Gasteiger partial charge in [-0.1, -0.05) is 30.3 Å². The van der Waals surface area contributed by atoms with E-state index in [1.165, 1.54) is 26.0 Å². The highest BCUT2D eigenvalue weighted by atomic mass is 32.2. The number of benzene rings is 1. The lowest BCUT2D eigenvalue weighted by molar-refractivity contribution is -0.139. The van der Waals surface area contributed by atoms with Crippen molar-refractivity contribution in [3.63, 3.8) is 0 Å². The summed E-state index contributed by atoms with van der Waals surface area (Å²) in [7, 11) is -3.87. The molecular formula is C16H21N3O6S. The van der Waals surface area contributed by atoms with E-state index in [1.54, 1.807) is 18.2 Å². The first kappa shape index (κ1) is 19.7. The molecule has 1 saturated heterocycles. The third-order valence-electron chi connectivity index (χ3n) is 3.98. The Labute approximate surface area is 151 Å². The zero-order valence-electron chi connectivity index (χ0n) is 14.5. The van der Waals surface area contributed by atoms with E-state index >= 15 is 0 Å². The van der Waals surface area contributed by atoms with Crippen molar-refractivity contribution >= 4 is 28.1 Å². The van der Waals surface area contributed by atoms with Gasteiger partial charge in [-0.05, 0) is 25.8 Å². The van der Waals surface area contributed by atoms with E-state index in [0.717, 1.165) is 4.90 Å². The van der Waals surface area contributed by atoms with Gasteiger partial charge in [0.2, 0.25) is 10.0 Å². The van der Waals surface area contributed by atoms with Gasteiger partial charge in [-0.15, -0.1) is 0 Å². The van der Waals surface area contributed by atoms with Crippen LogP contribution < -0.4 is 5.32 Å². The number of carbonyl (C=O) groups excluding carboxylic acids is 2. The molecule has 0 radical (unpaired) electrons. The lowest BCUT2D eigenvalue weighted by Crippen LogP contribution is -2.57. The number of sulfonamides is 1. The molecule has 1 unspecified atom stereocenters. The van der Waals surface area contributed by atoms with Crippen LogP contribution in [0, 0.1) is 0 Å². The van der Waals surface area contributed by atoms with Gasteiger partial charge >= 0.3 is 18.0 Å². The highest BCUT2D eigenvalue weighted by molar-refractivity contribution is 7.90. The molecule has 0 saturated carbocycles. The highest BCUT2D eigenvalue weighted by Crippen LogP contribution is 2.19. The summed E-state index contributed by atoms with van der Waals surface area (Å²) < 4.78 is 25.2. The Morgan fingerprint density at radius 3 is 2.31 bits per heavy atom. The molecule has 0 aromatic heterocycles. The zero-order valence-corrected chi connectivity index (χ0v) is 15.3. The number of carbonyl (C=O) groups is 3. The number of aliphatic carboxylic acids is 1. The number of nitrogens with one attached hydrogen (secondary N) is 1. The van der Waals surface area contributed by atoms with E-state index in [4.69, 9.17) is 0 Å². The normalized spacial score (nSPS) is 16.5. The number of carboxylic acid groups (broad SMARTS) is 1. The molecule has 0 bridgehead atoms. The minimum Gasteiger partial charge on any atom is -0.479 e. The van der Waals surface area contributed by atoms with E-state index < -0.39 is 39.3 Å². The average molecular weight is 383 g/mol. The summed E-state index contributed by atoms with van der Waals surface area (Å²) in [6.07, 6.45) is 0.272. The molecule has 0 aliphatic carbocycles. The van der Waals surface area contributed by atoms with Crippen molar-refractivity contribution in [1.82, 2.24) is 14.5 Å². The number of hydrogen-bond acceptors (Lipinski definition) is 5. The molecule has 10 heteroatoms. The second-order valence-electron chi connectivity index (χ2n) is 6.09. The lowest BCUT2D eigenvalue weighted by Gasteiger charge is -2.34. The fraction of sp³-hybridized carbons (Fsp3) is 0.438. The van der Waals surface area contributed by atoms with Crippen LogP contribution >= 0.6 is 0 Å². The lowest BCUT2D eigenvalue weighted by atomic mass is 10.1. The molecule has 142 valence electrons. The van der Waals surface area contributed by atoms with Gasteiger partial charge < -0.3 is 10.4 Å². The van der Waals surface area contributed by atoms with E-state index in [-0.39, 0.29) is 19.5 Å². The quantitative estimate of drug-likeness (QED) is 0.792. The van der Waals surface area contributed by atoms with Crippen molar-refractivity contribution in [1.29, 1.82) is 0 Å². The minimum absolute atomic E-state index is 0.00975. The monoisotopic (exact) mass is 383 g/mol. The summed E-state index contributed by atoms with van der Waals surface area (Å²) in [6.45, 7) is 2.88. The molecule has 4 amide bonds. The van der Waals surface area contributed by atoms with Gasteiger partial charge in [0.05, 0.1) is 5.25 Å². The minimum atomic E-state index is -3.87. The maximum absolute atomic E-state index is 12.5. The number of rotatable bonds is 5. The van der Waals surface area contributed by atoms with E-state index in [2.05, 4.69) is 5.32 Å². The summed E-state index contributed by atoms with van der Waals surface area (Å²) in [4.78, 5) is 37.1. The molecular weight excluding hydrogens is 362 g/mol. The first-order valence-electron chi connectivity index (χ1n) is 8.07. The molecule has 1 heterocycles. The number of hydrogen-bond donors (Lipinski definition) is 2. The Balaban J connectivity index is 2.20. The summed E-state index contributed by atoms with van der Waals surface area (Å²) in [5.74, 6) is -1.29. The number of imide groups is 1. The highest BCUT2D eigenvalue weighted by Gasteiger charge is 2.39. The van der Waals surface area contributed by atoms with Crippen LogP contribution in [0.5, 0.6) is 0 Å². The van der Waals surface area contributed by atoms with Gasteiger partial charge in [-0.25, -0.2) is 32.0 Å². The standard InChI is InChI=1S/C16H21N3O6S/c1-11(2)26(24,25)19-10-6-9-18(16(19)23)15(22)17-13(14(20)21)12-7-4-3-5-8-12/h3-5,7-8,11,13H,6,9-10H2,1-2H3,(H,17,22)(H,20,21). The molecule has 2 N–H and O–H groups in total. The van der Waals surface area contributed by atoms with Crippen molar-refractivity contribution in [2.75, 3.05) is 13.1 Å². The van der Waals surface area contributed by atoms with Crippen molar-refractivity contribution in [3.05, 3.63) is 35.9 Å². The van der Waals surface area contributed by atoms with Crippen LogP contribution in [-0.2, 0) is 14.8 Å². The van der Waals surface area contributed by atoms with E-state index in [0.29, 0.717) is 9.87 Å². The average Bonchev–Trinajstić information content (AvgIpc) is 2.59.